The molecule has 0 bridgehead atoms. The molecular formula is C10H25N. The fourth-order valence-corrected chi connectivity index (χ4v) is 1.32. The zero-order valence-corrected chi connectivity index (χ0v) is 8.48. The molecule has 0 saturated heterocycles. The summed E-state index contributed by atoms with van der Waals surface area (Å²) in [6.07, 6.45) is 5.31. The summed E-state index contributed by atoms with van der Waals surface area (Å²) < 4.78 is 0. The molecule has 70 valence electrons. The van der Waals surface area contributed by atoms with Gasteiger partial charge in [-0.25, -0.2) is 0 Å². The SMILES string of the molecule is CCCC(CCC(C)C)NC.[HH]. The van der Waals surface area contributed by atoms with Crippen molar-refractivity contribution in [2.75, 3.05) is 7.05 Å². The maximum atomic E-state index is 3.36. The molecule has 0 rings (SSSR count). The summed E-state index contributed by atoms with van der Waals surface area (Å²) >= 11 is 0. The molecule has 1 N–H and O–H groups in total. The van der Waals surface area contributed by atoms with Crippen molar-refractivity contribution >= 4 is 0 Å². The minimum atomic E-state index is 0. The van der Waals surface area contributed by atoms with Crippen LogP contribution in [0.1, 0.15) is 47.9 Å². The van der Waals surface area contributed by atoms with Gasteiger partial charge in [-0.1, -0.05) is 27.2 Å². The summed E-state index contributed by atoms with van der Waals surface area (Å²) in [5, 5.41) is 3.36. The third kappa shape index (κ3) is 6.36. The van der Waals surface area contributed by atoms with Crippen LogP contribution in [0.15, 0.2) is 0 Å². The van der Waals surface area contributed by atoms with Crippen molar-refractivity contribution in [3.8, 4) is 0 Å². The average Bonchev–Trinajstić information content (AvgIpc) is 1.97. The second kappa shape index (κ2) is 6.66. The van der Waals surface area contributed by atoms with Gasteiger partial charge in [-0.05, 0) is 32.2 Å². The molecular weight excluding hydrogens is 134 g/mol. The fraction of sp³-hybridized carbons (Fsp3) is 1.00. The summed E-state index contributed by atoms with van der Waals surface area (Å²) in [5.41, 5.74) is 0. The first-order chi connectivity index (χ1) is 5.20. The highest BCUT2D eigenvalue weighted by Gasteiger charge is 2.04. The average molecular weight is 159 g/mol. The van der Waals surface area contributed by atoms with E-state index in [0.29, 0.717) is 0 Å². The molecule has 0 aromatic heterocycles. The number of rotatable bonds is 6. The molecule has 0 aliphatic carbocycles. The van der Waals surface area contributed by atoms with Crippen LogP contribution in [0.3, 0.4) is 0 Å². The summed E-state index contributed by atoms with van der Waals surface area (Å²) in [7, 11) is 2.07. The van der Waals surface area contributed by atoms with Gasteiger partial charge in [0.1, 0.15) is 0 Å². The topological polar surface area (TPSA) is 12.0 Å². The Morgan fingerprint density at radius 3 is 2.18 bits per heavy atom. The normalized spacial score (nSPS) is 13.9. The molecule has 1 heteroatoms. The molecule has 0 fully saturated rings. The van der Waals surface area contributed by atoms with Gasteiger partial charge in [0.15, 0.2) is 0 Å². The minimum absolute atomic E-state index is 0. The lowest BCUT2D eigenvalue weighted by atomic mass is 10.0. The molecule has 0 aliphatic heterocycles. The molecule has 0 amide bonds. The zero-order chi connectivity index (χ0) is 8.69. The lowest BCUT2D eigenvalue weighted by molar-refractivity contribution is 0.430. The van der Waals surface area contributed by atoms with Crippen molar-refractivity contribution in [3.63, 3.8) is 0 Å². The highest BCUT2D eigenvalue weighted by Crippen LogP contribution is 2.09. The van der Waals surface area contributed by atoms with Crippen molar-refractivity contribution in [3.05, 3.63) is 0 Å². The lowest BCUT2D eigenvalue weighted by Gasteiger charge is -2.15. The van der Waals surface area contributed by atoms with Crippen molar-refractivity contribution in [2.45, 2.75) is 52.5 Å². The Morgan fingerprint density at radius 2 is 1.82 bits per heavy atom. The molecule has 0 heterocycles. The van der Waals surface area contributed by atoms with Crippen LogP contribution < -0.4 is 5.32 Å². The van der Waals surface area contributed by atoms with Gasteiger partial charge in [0.25, 0.3) is 0 Å². The van der Waals surface area contributed by atoms with Crippen LogP contribution in [-0.2, 0) is 0 Å². The molecule has 1 nitrogen and oxygen atoms in total. The Bertz CT molecular complexity index is 83.9. The number of nitrogens with one attached hydrogen (secondary N) is 1. The Morgan fingerprint density at radius 1 is 1.18 bits per heavy atom. The van der Waals surface area contributed by atoms with E-state index in [1.807, 2.05) is 0 Å². The predicted molar refractivity (Wildman–Crippen MR) is 53.9 cm³/mol. The molecule has 1 atom stereocenters. The van der Waals surface area contributed by atoms with E-state index in [1.165, 1.54) is 25.7 Å². The molecule has 0 spiro atoms. The predicted octanol–water partition coefficient (Wildman–Crippen LogP) is 3.06. The van der Waals surface area contributed by atoms with Crippen LogP contribution in [0.25, 0.3) is 0 Å². The molecule has 0 aromatic carbocycles. The molecule has 0 aliphatic rings. The van der Waals surface area contributed by atoms with Gasteiger partial charge >= 0.3 is 0 Å². The van der Waals surface area contributed by atoms with E-state index in [1.54, 1.807) is 0 Å². The first-order valence-corrected chi connectivity index (χ1v) is 4.88. The summed E-state index contributed by atoms with van der Waals surface area (Å²) in [6.45, 7) is 6.83. The quantitative estimate of drug-likeness (QED) is 0.628. The Balaban J connectivity index is 0. The van der Waals surface area contributed by atoms with Gasteiger partial charge < -0.3 is 5.32 Å². The second-order valence-corrected chi connectivity index (χ2v) is 3.75. The Kier molecular flexibility index (Phi) is 6.63. The Labute approximate surface area is 73.1 Å². The molecule has 0 radical (unpaired) electrons. The van der Waals surface area contributed by atoms with Crippen LogP contribution >= 0.6 is 0 Å². The van der Waals surface area contributed by atoms with E-state index in [0.717, 1.165) is 12.0 Å². The molecule has 0 aromatic rings. The zero-order valence-electron chi connectivity index (χ0n) is 8.48. The van der Waals surface area contributed by atoms with Crippen molar-refractivity contribution < 1.29 is 1.43 Å². The van der Waals surface area contributed by atoms with Gasteiger partial charge in [0.05, 0.1) is 0 Å². The summed E-state index contributed by atoms with van der Waals surface area (Å²) in [6, 6.07) is 0.752. The maximum Gasteiger partial charge on any atom is 0.00640 e. The number of hydrogen-bond acceptors (Lipinski definition) is 1. The summed E-state index contributed by atoms with van der Waals surface area (Å²) in [4.78, 5) is 0. The van der Waals surface area contributed by atoms with Crippen LogP contribution in [0.4, 0.5) is 0 Å². The van der Waals surface area contributed by atoms with Gasteiger partial charge in [0.2, 0.25) is 0 Å². The van der Waals surface area contributed by atoms with E-state index >= 15 is 0 Å². The second-order valence-electron chi connectivity index (χ2n) is 3.75. The van der Waals surface area contributed by atoms with Crippen LogP contribution in [0.2, 0.25) is 0 Å². The van der Waals surface area contributed by atoms with E-state index in [-0.39, 0.29) is 1.43 Å². The van der Waals surface area contributed by atoms with Crippen molar-refractivity contribution in [1.82, 2.24) is 5.32 Å². The summed E-state index contributed by atoms with van der Waals surface area (Å²) in [5.74, 6) is 0.850. The van der Waals surface area contributed by atoms with Crippen molar-refractivity contribution in [1.29, 1.82) is 0 Å². The Hall–Kier alpha value is -0.0400. The third-order valence-corrected chi connectivity index (χ3v) is 2.14. The fourth-order valence-electron chi connectivity index (χ4n) is 1.32. The van der Waals surface area contributed by atoms with Crippen LogP contribution in [0, 0.1) is 5.92 Å². The smallest absolute Gasteiger partial charge is 0.00640 e. The third-order valence-electron chi connectivity index (χ3n) is 2.14. The van der Waals surface area contributed by atoms with Gasteiger partial charge in [-0.3, -0.25) is 0 Å². The van der Waals surface area contributed by atoms with Gasteiger partial charge in [0, 0.05) is 7.47 Å². The standard InChI is InChI=1S/C10H23N.H2/c1-5-6-10(11-4)8-7-9(2)3;/h9-11H,5-8H2,1-4H3;1H. The highest BCUT2D eigenvalue weighted by molar-refractivity contribution is 4.64. The first-order valence-electron chi connectivity index (χ1n) is 4.88. The van der Waals surface area contributed by atoms with E-state index in [2.05, 4.69) is 33.1 Å². The minimum Gasteiger partial charge on any atom is -0.317 e. The van der Waals surface area contributed by atoms with Crippen molar-refractivity contribution in [2.24, 2.45) is 5.92 Å². The highest BCUT2D eigenvalue weighted by atomic mass is 14.9. The maximum absolute atomic E-state index is 3.36. The molecule has 1 unspecified atom stereocenters. The monoisotopic (exact) mass is 159 g/mol. The van der Waals surface area contributed by atoms with E-state index < -0.39 is 0 Å². The van der Waals surface area contributed by atoms with Crippen LogP contribution in [-0.4, -0.2) is 13.1 Å². The van der Waals surface area contributed by atoms with E-state index in [9.17, 15) is 0 Å². The first kappa shape index (κ1) is 11.0. The molecule has 11 heavy (non-hydrogen) atoms. The van der Waals surface area contributed by atoms with Gasteiger partial charge in [-0.15, -0.1) is 0 Å². The molecule has 0 saturated carbocycles. The van der Waals surface area contributed by atoms with Gasteiger partial charge in [-0.2, -0.15) is 0 Å². The number of hydrogen-bond donors (Lipinski definition) is 1. The van der Waals surface area contributed by atoms with Crippen LogP contribution in [0.5, 0.6) is 0 Å². The lowest BCUT2D eigenvalue weighted by Crippen LogP contribution is -2.25. The van der Waals surface area contributed by atoms with E-state index in [4.69, 9.17) is 0 Å². The largest absolute Gasteiger partial charge is 0.317 e.